The molecule has 4 heteroatoms. The smallest absolute Gasteiger partial charge is 0.226 e. The molecule has 4 aromatic rings. The minimum atomic E-state index is -0.277. The zero-order valence-corrected chi connectivity index (χ0v) is 15.6. The Kier molecular flexibility index (Phi) is 5.61. The van der Waals surface area contributed by atoms with E-state index in [1.807, 2.05) is 42.5 Å². The average molecular weight is 387 g/mol. The Morgan fingerprint density at radius 3 is 2.17 bits per heavy atom. The SMILES string of the molecule is Fc1ccc(/C=C/C(Cc2cnc(-c3ccccc3)o2)c2ccc(F)cc2)cc1. The molecule has 0 spiro atoms. The Morgan fingerprint density at radius 1 is 0.828 bits per heavy atom. The number of allylic oxidation sites excluding steroid dienone is 1. The molecule has 3 aromatic carbocycles. The number of halogens is 2. The third kappa shape index (κ3) is 4.85. The third-order valence-corrected chi connectivity index (χ3v) is 4.68. The highest BCUT2D eigenvalue weighted by molar-refractivity contribution is 5.53. The Morgan fingerprint density at radius 2 is 1.48 bits per heavy atom. The number of nitrogens with zero attached hydrogens (tertiary/aromatic N) is 1. The summed E-state index contributed by atoms with van der Waals surface area (Å²) in [6, 6.07) is 22.4. The lowest BCUT2D eigenvalue weighted by atomic mass is 9.93. The van der Waals surface area contributed by atoms with Crippen molar-refractivity contribution >= 4 is 6.08 Å². The molecule has 1 aromatic heterocycles. The van der Waals surface area contributed by atoms with E-state index in [0.29, 0.717) is 12.3 Å². The van der Waals surface area contributed by atoms with Crippen LogP contribution in [0.25, 0.3) is 17.5 Å². The van der Waals surface area contributed by atoms with Gasteiger partial charge in [-0.2, -0.15) is 0 Å². The fraction of sp³-hybridized carbons (Fsp3) is 0.0800. The molecule has 0 aliphatic heterocycles. The first-order chi connectivity index (χ1) is 14.2. The summed E-state index contributed by atoms with van der Waals surface area (Å²) >= 11 is 0. The van der Waals surface area contributed by atoms with Crippen LogP contribution in [0.15, 0.2) is 95.6 Å². The molecular weight excluding hydrogens is 368 g/mol. The number of hydrogen-bond acceptors (Lipinski definition) is 2. The second kappa shape index (κ2) is 8.65. The van der Waals surface area contributed by atoms with Crippen LogP contribution in [0.4, 0.5) is 8.78 Å². The lowest BCUT2D eigenvalue weighted by molar-refractivity contribution is 0.508. The lowest BCUT2D eigenvalue weighted by Gasteiger charge is -2.12. The van der Waals surface area contributed by atoms with Crippen molar-refractivity contribution < 1.29 is 13.2 Å². The highest BCUT2D eigenvalue weighted by Gasteiger charge is 2.14. The van der Waals surface area contributed by atoms with Crippen molar-refractivity contribution in [1.29, 1.82) is 0 Å². The summed E-state index contributed by atoms with van der Waals surface area (Å²) < 4.78 is 32.5. The number of hydrogen-bond donors (Lipinski definition) is 0. The van der Waals surface area contributed by atoms with Gasteiger partial charge in [0.2, 0.25) is 5.89 Å². The van der Waals surface area contributed by atoms with Gasteiger partial charge in [-0.15, -0.1) is 0 Å². The van der Waals surface area contributed by atoms with Gasteiger partial charge in [0.05, 0.1) is 6.20 Å². The molecule has 0 saturated heterocycles. The van der Waals surface area contributed by atoms with Crippen LogP contribution in [0.1, 0.15) is 22.8 Å². The van der Waals surface area contributed by atoms with Crippen molar-refractivity contribution in [3.63, 3.8) is 0 Å². The zero-order chi connectivity index (χ0) is 20.1. The molecule has 0 aliphatic carbocycles. The lowest BCUT2D eigenvalue weighted by Crippen LogP contribution is -1.99. The van der Waals surface area contributed by atoms with Crippen molar-refractivity contribution in [1.82, 2.24) is 4.98 Å². The van der Waals surface area contributed by atoms with Crippen LogP contribution >= 0.6 is 0 Å². The molecule has 0 aliphatic rings. The van der Waals surface area contributed by atoms with Gasteiger partial charge < -0.3 is 4.42 Å². The first-order valence-corrected chi connectivity index (χ1v) is 9.37. The van der Waals surface area contributed by atoms with E-state index in [2.05, 4.69) is 4.98 Å². The van der Waals surface area contributed by atoms with Gasteiger partial charge >= 0.3 is 0 Å². The number of rotatable bonds is 6. The Labute approximate surface area is 168 Å². The van der Waals surface area contributed by atoms with Crippen molar-refractivity contribution in [3.05, 3.63) is 120 Å². The molecule has 1 unspecified atom stereocenters. The van der Waals surface area contributed by atoms with Gasteiger partial charge in [0.15, 0.2) is 0 Å². The first kappa shape index (κ1) is 18.8. The van der Waals surface area contributed by atoms with E-state index in [4.69, 9.17) is 4.42 Å². The third-order valence-electron chi connectivity index (χ3n) is 4.68. The summed E-state index contributed by atoms with van der Waals surface area (Å²) in [4.78, 5) is 4.38. The highest BCUT2D eigenvalue weighted by atomic mass is 19.1. The minimum Gasteiger partial charge on any atom is -0.441 e. The predicted octanol–water partition coefficient (Wildman–Crippen LogP) is 6.66. The molecule has 0 radical (unpaired) electrons. The maximum absolute atomic E-state index is 13.4. The predicted molar refractivity (Wildman–Crippen MR) is 110 cm³/mol. The summed E-state index contributed by atoms with van der Waals surface area (Å²) in [5.41, 5.74) is 2.77. The van der Waals surface area contributed by atoms with Crippen LogP contribution in [-0.4, -0.2) is 4.98 Å². The van der Waals surface area contributed by atoms with Crippen molar-refractivity contribution in [3.8, 4) is 11.5 Å². The van der Waals surface area contributed by atoms with E-state index in [1.54, 1.807) is 30.5 Å². The summed E-state index contributed by atoms with van der Waals surface area (Å²) in [6.07, 6.45) is 6.25. The van der Waals surface area contributed by atoms with Crippen LogP contribution < -0.4 is 0 Å². The number of benzene rings is 3. The Balaban J connectivity index is 1.59. The first-order valence-electron chi connectivity index (χ1n) is 9.37. The molecule has 4 rings (SSSR count). The average Bonchev–Trinajstić information content (AvgIpc) is 3.22. The van der Waals surface area contributed by atoms with Gasteiger partial charge in [0, 0.05) is 17.9 Å². The number of oxazole rings is 1. The van der Waals surface area contributed by atoms with E-state index in [-0.39, 0.29) is 17.6 Å². The largest absolute Gasteiger partial charge is 0.441 e. The number of aromatic nitrogens is 1. The Bertz CT molecular complexity index is 1080. The monoisotopic (exact) mass is 387 g/mol. The molecule has 0 saturated carbocycles. The molecule has 29 heavy (non-hydrogen) atoms. The van der Waals surface area contributed by atoms with E-state index < -0.39 is 0 Å². The standard InChI is InChI=1S/C25H19F2NO/c26-22-12-7-18(8-13-22)6-9-21(19-10-14-23(27)15-11-19)16-24-17-28-25(29-24)20-4-2-1-3-5-20/h1-15,17,21H,16H2/b9-6+. The molecule has 0 fully saturated rings. The summed E-state index contributed by atoms with van der Waals surface area (Å²) in [5, 5.41) is 0. The minimum absolute atomic E-state index is 0.0442. The van der Waals surface area contributed by atoms with Gasteiger partial charge in [0.1, 0.15) is 17.4 Å². The van der Waals surface area contributed by atoms with Crippen LogP contribution in [0.5, 0.6) is 0 Å². The van der Waals surface area contributed by atoms with Crippen molar-refractivity contribution in [2.24, 2.45) is 0 Å². The van der Waals surface area contributed by atoms with Crippen LogP contribution in [0, 0.1) is 11.6 Å². The second-order valence-electron chi connectivity index (χ2n) is 6.77. The van der Waals surface area contributed by atoms with Gasteiger partial charge in [-0.3, -0.25) is 0 Å². The second-order valence-corrected chi connectivity index (χ2v) is 6.77. The van der Waals surface area contributed by atoms with E-state index in [0.717, 1.165) is 22.5 Å². The van der Waals surface area contributed by atoms with Crippen molar-refractivity contribution in [2.45, 2.75) is 12.3 Å². The Hall–Kier alpha value is -3.53. The summed E-state index contributed by atoms with van der Waals surface area (Å²) in [7, 11) is 0. The van der Waals surface area contributed by atoms with Gasteiger partial charge in [-0.25, -0.2) is 13.8 Å². The topological polar surface area (TPSA) is 26.0 Å². The van der Waals surface area contributed by atoms with Gasteiger partial charge in [0.25, 0.3) is 0 Å². The maximum Gasteiger partial charge on any atom is 0.226 e. The fourth-order valence-corrected chi connectivity index (χ4v) is 3.14. The molecule has 0 amide bonds. The van der Waals surface area contributed by atoms with E-state index in [1.165, 1.54) is 24.3 Å². The molecule has 1 heterocycles. The van der Waals surface area contributed by atoms with Crippen molar-refractivity contribution in [2.75, 3.05) is 0 Å². The van der Waals surface area contributed by atoms with E-state index in [9.17, 15) is 8.78 Å². The molecule has 2 nitrogen and oxygen atoms in total. The highest BCUT2D eigenvalue weighted by Crippen LogP contribution is 2.26. The summed E-state index contributed by atoms with van der Waals surface area (Å²) in [6.45, 7) is 0. The maximum atomic E-state index is 13.4. The van der Waals surface area contributed by atoms with Crippen LogP contribution in [0.2, 0.25) is 0 Å². The molecule has 1 atom stereocenters. The molecule has 0 bridgehead atoms. The quantitative estimate of drug-likeness (QED) is 0.370. The summed E-state index contributed by atoms with van der Waals surface area (Å²) in [5.74, 6) is 0.716. The van der Waals surface area contributed by atoms with E-state index >= 15 is 0 Å². The molecule has 144 valence electrons. The fourth-order valence-electron chi connectivity index (χ4n) is 3.14. The molecular formula is C25H19F2NO. The van der Waals surface area contributed by atoms with Gasteiger partial charge in [-0.1, -0.05) is 54.6 Å². The molecule has 0 N–H and O–H groups in total. The van der Waals surface area contributed by atoms with Crippen LogP contribution in [0.3, 0.4) is 0 Å². The van der Waals surface area contributed by atoms with Crippen LogP contribution in [-0.2, 0) is 6.42 Å². The normalized spacial score (nSPS) is 12.3. The van der Waals surface area contributed by atoms with Gasteiger partial charge in [-0.05, 0) is 47.5 Å². The zero-order valence-electron chi connectivity index (χ0n) is 15.6.